The average Bonchev–Trinajstić information content (AvgIpc) is 2.32. The number of carbonyl (C=O) groups is 1. The van der Waals surface area contributed by atoms with Crippen molar-refractivity contribution < 1.29 is 4.79 Å². The second-order valence-electron chi connectivity index (χ2n) is 6.53. The van der Waals surface area contributed by atoms with E-state index < -0.39 is 0 Å². The molecule has 0 unspecified atom stereocenters. The molecule has 3 nitrogen and oxygen atoms in total. The summed E-state index contributed by atoms with van der Waals surface area (Å²) in [5.41, 5.74) is 1.78. The summed E-state index contributed by atoms with van der Waals surface area (Å²) in [5, 5.41) is 6.45. The van der Waals surface area contributed by atoms with E-state index in [-0.39, 0.29) is 11.9 Å². The fourth-order valence-electron chi connectivity index (χ4n) is 2.66. The van der Waals surface area contributed by atoms with Crippen LogP contribution in [0.1, 0.15) is 50.9 Å². The van der Waals surface area contributed by atoms with Crippen LogP contribution in [0.3, 0.4) is 0 Å². The van der Waals surface area contributed by atoms with Gasteiger partial charge in [0, 0.05) is 23.3 Å². The fraction of sp³-hybridized carbons (Fsp3) is 0.588. The summed E-state index contributed by atoms with van der Waals surface area (Å²) in [7, 11) is 0. The molecule has 2 N–H and O–H groups in total. The van der Waals surface area contributed by atoms with Crippen LogP contribution in [0.25, 0.3) is 0 Å². The van der Waals surface area contributed by atoms with Gasteiger partial charge in [0.05, 0.1) is 0 Å². The second-order valence-corrected chi connectivity index (χ2v) is 6.53. The maximum absolute atomic E-state index is 12.0. The molecule has 0 saturated heterocycles. The summed E-state index contributed by atoms with van der Waals surface area (Å²) in [6.45, 7) is 8.52. The predicted molar refractivity (Wildman–Crippen MR) is 84.0 cm³/mol. The first-order valence-corrected chi connectivity index (χ1v) is 7.63. The van der Waals surface area contributed by atoms with Crippen molar-refractivity contribution >= 4 is 11.6 Å². The first kappa shape index (κ1) is 14.9. The number of carbonyl (C=O) groups excluding carboxylic acids is 1. The van der Waals surface area contributed by atoms with E-state index in [1.165, 1.54) is 12.8 Å². The van der Waals surface area contributed by atoms with Crippen molar-refractivity contribution in [2.45, 2.75) is 52.6 Å². The highest BCUT2D eigenvalue weighted by Gasteiger charge is 2.30. The molecule has 0 heterocycles. The van der Waals surface area contributed by atoms with Gasteiger partial charge in [-0.1, -0.05) is 19.9 Å². The molecular weight excluding hydrogens is 248 g/mol. The third-order valence-electron chi connectivity index (χ3n) is 4.03. The molecule has 3 heteroatoms. The molecule has 0 aromatic heterocycles. The van der Waals surface area contributed by atoms with Gasteiger partial charge in [0.25, 0.3) is 5.91 Å². The molecule has 2 rings (SSSR count). The van der Waals surface area contributed by atoms with Crippen LogP contribution in [0.15, 0.2) is 24.3 Å². The SMILES string of the molecule is CC(C)NC(=O)c1cccc(NC2CC(C(C)C)C2)c1. The molecule has 0 atom stereocenters. The standard InChI is InChI=1S/C17H26N2O/c1-11(2)14-9-16(10-14)19-15-7-5-6-13(8-15)17(20)18-12(3)4/h5-8,11-12,14,16,19H,9-10H2,1-4H3,(H,18,20). The maximum atomic E-state index is 12.0. The van der Waals surface area contributed by atoms with Crippen LogP contribution in [0, 0.1) is 11.8 Å². The van der Waals surface area contributed by atoms with Gasteiger partial charge in [-0.15, -0.1) is 0 Å². The third kappa shape index (κ3) is 3.75. The maximum Gasteiger partial charge on any atom is 0.251 e. The van der Waals surface area contributed by atoms with Crippen molar-refractivity contribution in [1.82, 2.24) is 5.32 Å². The highest BCUT2D eigenvalue weighted by molar-refractivity contribution is 5.95. The second kappa shape index (κ2) is 6.29. The Balaban J connectivity index is 1.92. The smallest absolute Gasteiger partial charge is 0.251 e. The molecule has 1 aromatic carbocycles. The van der Waals surface area contributed by atoms with Gasteiger partial charge in [-0.3, -0.25) is 4.79 Å². The number of rotatable bonds is 5. The van der Waals surface area contributed by atoms with Crippen LogP contribution in [0.4, 0.5) is 5.69 Å². The Labute approximate surface area is 122 Å². The monoisotopic (exact) mass is 274 g/mol. The number of hydrogen-bond donors (Lipinski definition) is 2. The normalized spacial score (nSPS) is 21.7. The van der Waals surface area contributed by atoms with E-state index in [9.17, 15) is 4.79 Å². The summed E-state index contributed by atoms with van der Waals surface area (Å²) < 4.78 is 0. The molecule has 1 aromatic rings. The molecular formula is C17H26N2O. The van der Waals surface area contributed by atoms with E-state index in [1.807, 2.05) is 38.1 Å². The number of nitrogens with one attached hydrogen (secondary N) is 2. The summed E-state index contributed by atoms with van der Waals surface area (Å²) in [5.74, 6) is 1.62. The average molecular weight is 274 g/mol. The number of anilines is 1. The lowest BCUT2D eigenvalue weighted by molar-refractivity contribution is 0.0943. The molecule has 0 spiro atoms. The Morgan fingerprint density at radius 1 is 1.20 bits per heavy atom. The summed E-state index contributed by atoms with van der Waals surface area (Å²) in [6.07, 6.45) is 2.47. The Morgan fingerprint density at radius 3 is 2.50 bits per heavy atom. The minimum atomic E-state index is -0.00248. The zero-order chi connectivity index (χ0) is 14.7. The molecule has 20 heavy (non-hydrogen) atoms. The molecule has 0 radical (unpaired) electrons. The highest BCUT2D eigenvalue weighted by atomic mass is 16.1. The van der Waals surface area contributed by atoms with Gasteiger partial charge in [0.15, 0.2) is 0 Å². The zero-order valence-electron chi connectivity index (χ0n) is 12.9. The van der Waals surface area contributed by atoms with E-state index in [1.54, 1.807) is 0 Å². The van der Waals surface area contributed by atoms with Crippen LogP contribution in [0.2, 0.25) is 0 Å². The highest BCUT2D eigenvalue weighted by Crippen LogP contribution is 2.35. The zero-order valence-corrected chi connectivity index (χ0v) is 12.9. The lowest BCUT2D eigenvalue weighted by Gasteiger charge is -2.39. The van der Waals surface area contributed by atoms with Crippen LogP contribution < -0.4 is 10.6 Å². The van der Waals surface area contributed by atoms with Gasteiger partial charge >= 0.3 is 0 Å². The van der Waals surface area contributed by atoms with E-state index in [4.69, 9.17) is 0 Å². The van der Waals surface area contributed by atoms with Crippen LogP contribution in [-0.2, 0) is 0 Å². The van der Waals surface area contributed by atoms with Crippen LogP contribution in [-0.4, -0.2) is 18.0 Å². The van der Waals surface area contributed by atoms with Crippen molar-refractivity contribution in [2.24, 2.45) is 11.8 Å². The van der Waals surface area contributed by atoms with Gasteiger partial charge in [-0.25, -0.2) is 0 Å². The van der Waals surface area contributed by atoms with Crippen molar-refractivity contribution in [3.8, 4) is 0 Å². The lowest BCUT2D eigenvalue weighted by Crippen LogP contribution is -2.38. The first-order valence-electron chi connectivity index (χ1n) is 7.63. The Bertz CT molecular complexity index is 462. The molecule has 1 aliphatic rings. The van der Waals surface area contributed by atoms with E-state index in [2.05, 4.69) is 24.5 Å². The van der Waals surface area contributed by atoms with E-state index in [0.717, 1.165) is 23.1 Å². The van der Waals surface area contributed by atoms with Gasteiger partial charge in [-0.2, -0.15) is 0 Å². The Morgan fingerprint density at radius 2 is 1.90 bits per heavy atom. The molecule has 1 fully saturated rings. The third-order valence-corrected chi connectivity index (χ3v) is 4.03. The van der Waals surface area contributed by atoms with Crippen LogP contribution in [0.5, 0.6) is 0 Å². The molecule has 0 aliphatic heterocycles. The minimum absolute atomic E-state index is 0.00248. The topological polar surface area (TPSA) is 41.1 Å². The first-order chi connectivity index (χ1) is 9.45. The van der Waals surface area contributed by atoms with E-state index >= 15 is 0 Å². The van der Waals surface area contributed by atoms with Crippen molar-refractivity contribution in [2.75, 3.05) is 5.32 Å². The minimum Gasteiger partial charge on any atom is -0.382 e. The molecule has 0 bridgehead atoms. The number of benzene rings is 1. The largest absolute Gasteiger partial charge is 0.382 e. The summed E-state index contributed by atoms with van der Waals surface area (Å²) in [4.78, 5) is 12.0. The van der Waals surface area contributed by atoms with Crippen LogP contribution >= 0.6 is 0 Å². The van der Waals surface area contributed by atoms with E-state index in [0.29, 0.717) is 6.04 Å². The van der Waals surface area contributed by atoms with Gasteiger partial charge in [-0.05, 0) is 56.7 Å². The fourth-order valence-corrected chi connectivity index (χ4v) is 2.66. The quantitative estimate of drug-likeness (QED) is 0.860. The van der Waals surface area contributed by atoms with Crippen molar-refractivity contribution in [1.29, 1.82) is 0 Å². The van der Waals surface area contributed by atoms with Gasteiger partial charge < -0.3 is 10.6 Å². The number of amides is 1. The molecule has 1 saturated carbocycles. The molecule has 1 aliphatic carbocycles. The predicted octanol–water partition coefficient (Wildman–Crippen LogP) is 3.67. The summed E-state index contributed by atoms with van der Waals surface area (Å²) in [6, 6.07) is 8.51. The number of hydrogen-bond acceptors (Lipinski definition) is 2. The van der Waals surface area contributed by atoms with Gasteiger partial charge in [0.2, 0.25) is 0 Å². The van der Waals surface area contributed by atoms with Crippen molar-refractivity contribution in [3.63, 3.8) is 0 Å². The van der Waals surface area contributed by atoms with Gasteiger partial charge in [0.1, 0.15) is 0 Å². The Kier molecular flexibility index (Phi) is 4.69. The molecule has 110 valence electrons. The molecule has 1 amide bonds. The van der Waals surface area contributed by atoms with Crippen molar-refractivity contribution in [3.05, 3.63) is 29.8 Å². The summed E-state index contributed by atoms with van der Waals surface area (Å²) >= 11 is 0. The Hall–Kier alpha value is -1.51. The lowest BCUT2D eigenvalue weighted by atomic mass is 9.73.